The molecule has 1 amide bonds. The van der Waals surface area contributed by atoms with Crippen LogP contribution in [0.2, 0.25) is 0 Å². The number of aromatic nitrogens is 1. The van der Waals surface area contributed by atoms with Crippen LogP contribution >= 0.6 is 11.3 Å². The zero-order valence-electron chi connectivity index (χ0n) is 11.3. The third kappa shape index (κ3) is 2.82. The third-order valence-electron chi connectivity index (χ3n) is 3.54. The summed E-state index contributed by atoms with van der Waals surface area (Å²) in [5.41, 5.74) is 4.78. The first-order chi connectivity index (χ1) is 9.72. The summed E-state index contributed by atoms with van der Waals surface area (Å²) in [6, 6.07) is 5.80. The Balaban J connectivity index is 1.66. The van der Waals surface area contributed by atoms with E-state index in [1.165, 1.54) is 16.9 Å². The number of carbonyl (C=O) groups excluding carboxylic acids is 1. The van der Waals surface area contributed by atoms with E-state index in [0.29, 0.717) is 0 Å². The topological polar surface area (TPSA) is 57.2 Å². The smallest absolute Gasteiger partial charge is 0.281 e. The quantitative estimate of drug-likeness (QED) is 0.662. The second-order valence-corrected chi connectivity index (χ2v) is 6.37. The number of thiophene rings is 1. The van der Waals surface area contributed by atoms with Crippen LogP contribution in [0, 0.1) is 5.92 Å². The lowest BCUT2D eigenvalue weighted by atomic mass is 9.90. The monoisotopic (exact) mass is 287 g/mol. The maximum absolute atomic E-state index is 12.0. The molecule has 3 rings (SSSR count). The van der Waals surface area contributed by atoms with Gasteiger partial charge in [-0.2, -0.15) is 5.10 Å². The molecular weight excluding hydrogens is 270 g/mol. The molecular formula is C15H17N3OS. The molecule has 0 spiro atoms. The molecule has 1 aliphatic rings. The Bertz CT molecular complexity index is 628. The highest BCUT2D eigenvalue weighted by Gasteiger charge is 2.20. The first-order valence-corrected chi connectivity index (χ1v) is 7.62. The van der Waals surface area contributed by atoms with Crippen LogP contribution in [0.15, 0.2) is 29.5 Å². The van der Waals surface area contributed by atoms with Crippen LogP contribution in [0.1, 0.15) is 39.2 Å². The van der Waals surface area contributed by atoms with Gasteiger partial charge in [-0.25, -0.2) is 5.43 Å². The van der Waals surface area contributed by atoms with Crippen molar-refractivity contribution in [2.24, 2.45) is 11.0 Å². The molecule has 4 nitrogen and oxygen atoms in total. The number of carbonyl (C=O) groups is 1. The molecule has 0 aliphatic heterocycles. The zero-order chi connectivity index (χ0) is 13.9. The minimum atomic E-state index is -0.125. The number of fused-ring (bicyclic) bond motifs is 1. The molecule has 0 saturated heterocycles. The number of nitrogens with zero attached hydrogens (tertiary/aromatic N) is 1. The normalized spacial score (nSPS) is 18.1. The maximum Gasteiger partial charge on any atom is 0.281 e. The fourth-order valence-corrected chi connectivity index (χ4v) is 3.56. The second-order valence-electron chi connectivity index (χ2n) is 5.23. The van der Waals surface area contributed by atoms with Crippen molar-refractivity contribution in [1.29, 1.82) is 0 Å². The number of amides is 1. The summed E-state index contributed by atoms with van der Waals surface area (Å²) < 4.78 is 0. The van der Waals surface area contributed by atoms with Gasteiger partial charge in [0.1, 0.15) is 0 Å². The SMILES string of the molecule is C[C@H]1CCc2sc(C(=O)N/N=C/c3ccc[nH]3)cc2C1. The van der Waals surface area contributed by atoms with Crippen LogP contribution in [0.25, 0.3) is 0 Å². The summed E-state index contributed by atoms with van der Waals surface area (Å²) in [6.07, 6.45) is 6.83. The maximum atomic E-state index is 12.0. The van der Waals surface area contributed by atoms with Crippen LogP contribution < -0.4 is 5.43 Å². The van der Waals surface area contributed by atoms with Crippen molar-refractivity contribution in [2.75, 3.05) is 0 Å². The Labute approximate surface area is 121 Å². The molecule has 0 saturated carbocycles. The van der Waals surface area contributed by atoms with E-state index in [1.807, 2.05) is 24.4 Å². The molecule has 0 radical (unpaired) electrons. The van der Waals surface area contributed by atoms with Gasteiger partial charge < -0.3 is 4.98 Å². The van der Waals surface area contributed by atoms with Crippen molar-refractivity contribution in [3.63, 3.8) is 0 Å². The van der Waals surface area contributed by atoms with Gasteiger partial charge in [0.15, 0.2) is 0 Å². The number of rotatable bonds is 3. The summed E-state index contributed by atoms with van der Waals surface area (Å²) >= 11 is 1.60. The molecule has 2 aromatic heterocycles. The lowest BCUT2D eigenvalue weighted by Gasteiger charge is -2.16. The Morgan fingerprint density at radius 2 is 2.50 bits per heavy atom. The number of hydrazone groups is 1. The highest BCUT2D eigenvalue weighted by Crippen LogP contribution is 2.32. The lowest BCUT2D eigenvalue weighted by molar-refractivity contribution is 0.0959. The van der Waals surface area contributed by atoms with Gasteiger partial charge in [0.05, 0.1) is 16.8 Å². The number of H-pyrrole nitrogens is 1. The number of hydrogen-bond donors (Lipinski definition) is 2. The fourth-order valence-electron chi connectivity index (χ4n) is 2.46. The summed E-state index contributed by atoms with van der Waals surface area (Å²) in [7, 11) is 0. The molecule has 1 atom stereocenters. The van der Waals surface area contributed by atoms with Gasteiger partial charge >= 0.3 is 0 Å². The first kappa shape index (κ1) is 13.1. The first-order valence-electron chi connectivity index (χ1n) is 6.81. The lowest BCUT2D eigenvalue weighted by Crippen LogP contribution is -2.16. The number of hydrogen-bond acceptors (Lipinski definition) is 3. The standard InChI is InChI=1S/C15H17N3OS/c1-10-4-5-13-11(7-10)8-14(20-13)15(19)18-17-9-12-3-2-6-16-12/h2-3,6,8-10,16H,4-5,7H2,1H3,(H,18,19)/b17-9+/t10-/m0/s1. The summed E-state index contributed by atoms with van der Waals surface area (Å²) in [5, 5.41) is 3.96. The van der Waals surface area contributed by atoms with E-state index in [-0.39, 0.29) is 5.91 Å². The minimum Gasteiger partial charge on any atom is -0.360 e. The Morgan fingerprint density at radius 1 is 1.60 bits per heavy atom. The molecule has 0 unspecified atom stereocenters. The van der Waals surface area contributed by atoms with Crippen molar-refractivity contribution in [3.8, 4) is 0 Å². The molecule has 0 aromatic carbocycles. The van der Waals surface area contributed by atoms with Gasteiger partial charge in [-0.1, -0.05) is 6.92 Å². The molecule has 2 N–H and O–H groups in total. The van der Waals surface area contributed by atoms with Gasteiger partial charge in [0, 0.05) is 11.1 Å². The predicted molar refractivity (Wildman–Crippen MR) is 81.4 cm³/mol. The molecule has 20 heavy (non-hydrogen) atoms. The molecule has 2 aromatic rings. The number of aryl methyl sites for hydroxylation is 1. The van der Waals surface area contributed by atoms with E-state index in [4.69, 9.17) is 0 Å². The van der Waals surface area contributed by atoms with E-state index >= 15 is 0 Å². The summed E-state index contributed by atoms with van der Waals surface area (Å²) in [6.45, 7) is 2.26. The van der Waals surface area contributed by atoms with Crippen molar-refractivity contribution in [3.05, 3.63) is 45.4 Å². The Kier molecular flexibility index (Phi) is 3.69. The van der Waals surface area contributed by atoms with E-state index in [2.05, 4.69) is 22.4 Å². The van der Waals surface area contributed by atoms with E-state index < -0.39 is 0 Å². The van der Waals surface area contributed by atoms with E-state index in [9.17, 15) is 4.79 Å². The van der Waals surface area contributed by atoms with E-state index in [1.54, 1.807) is 17.6 Å². The average Bonchev–Trinajstić information content (AvgIpc) is 3.06. The van der Waals surface area contributed by atoms with Crippen LogP contribution in [-0.2, 0) is 12.8 Å². The van der Waals surface area contributed by atoms with Crippen molar-refractivity contribution in [1.82, 2.24) is 10.4 Å². The molecule has 104 valence electrons. The fraction of sp³-hybridized carbons (Fsp3) is 0.333. The molecule has 5 heteroatoms. The van der Waals surface area contributed by atoms with Gasteiger partial charge in [0.2, 0.25) is 0 Å². The zero-order valence-corrected chi connectivity index (χ0v) is 12.2. The molecule has 0 bridgehead atoms. The van der Waals surface area contributed by atoms with Gasteiger partial charge in [-0.15, -0.1) is 11.3 Å². The van der Waals surface area contributed by atoms with Crippen LogP contribution in [0.5, 0.6) is 0 Å². The largest absolute Gasteiger partial charge is 0.360 e. The van der Waals surface area contributed by atoms with Crippen molar-refractivity contribution >= 4 is 23.5 Å². The highest BCUT2D eigenvalue weighted by atomic mass is 32.1. The molecule has 1 aliphatic carbocycles. The van der Waals surface area contributed by atoms with Gasteiger partial charge in [-0.05, 0) is 48.9 Å². The average molecular weight is 287 g/mol. The number of aromatic amines is 1. The predicted octanol–water partition coefficient (Wildman–Crippen LogP) is 2.96. The van der Waals surface area contributed by atoms with Crippen LogP contribution in [-0.4, -0.2) is 17.1 Å². The van der Waals surface area contributed by atoms with E-state index in [0.717, 1.165) is 29.3 Å². The van der Waals surface area contributed by atoms with Crippen LogP contribution in [0.3, 0.4) is 0 Å². The Morgan fingerprint density at radius 3 is 3.30 bits per heavy atom. The minimum absolute atomic E-state index is 0.125. The summed E-state index contributed by atoms with van der Waals surface area (Å²) in [4.78, 5) is 17.2. The Hall–Kier alpha value is -1.88. The highest BCUT2D eigenvalue weighted by molar-refractivity contribution is 7.14. The number of nitrogens with one attached hydrogen (secondary N) is 2. The second kappa shape index (κ2) is 5.63. The molecule has 2 heterocycles. The molecule has 0 fully saturated rings. The van der Waals surface area contributed by atoms with Gasteiger partial charge in [0.25, 0.3) is 5.91 Å². The van der Waals surface area contributed by atoms with Gasteiger partial charge in [-0.3, -0.25) is 4.79 Å². The summed E-state index contributed by atoms with van der Waals surface area (Å²) in [5.74, 6) is 0.596. The van der Waals surface area contributed by atoms with Crippen molar-refractivity contribution < 1.29 is 4.79 Å². The van der Waals surface area contributed by atoms with Crippen LogP contribution in [0.4, 0.5) is 0 Å². The van der Waals surface area contributed by atoms with Crippen molar-refractivity contribution in [2.45, 2.75) is 26.2 Å². The third-order valence-corrected chi connectivity index (χ3v) is 4.78.